The summed E-state index contributed by atoms with van der Waals surface area (Å²) in [6, 6.07) is 16.7. The van der Waals surface area contributed by atoms with Crippen LogP contribution in [0.25, 0.3) is 0 Å². The van der Waals surface area contributed by atoms with E-state index in [-0.39, 0.29) is 5.56 Å². The summed E-state index contributed by atoms with van der Waals surface area (Å²) in [4.78, 5) is 33.9. The van der Waals surface area contributed by atoms with Crippen LogP contribution in [-0.4, -0.2) is 40.8 Å². The maximum Gasteiger partial charge on any atom is 0.345 e. The predicted molar refractivity (Wildman–Crippen MR) is 125 cm³/mol. The molecule has 0 aliphatic heterocycles. The number of anilines is 1. The molecule has 0 aliphatic carbocycles. The quantitative estimate of drug-likeness (QED) is 0.195. The lowest BCUT2D eigenvalue weighted by Gasteiger charge is -2.08. The van der Waals surface area contributed by atoms with Crippen LogP contribution in [0.4, 0.5) is 5.69 Å². The van der Waals surface area contributed by atoms with Crippen molar-refractivity contribution in [3.63, 3.8) is 0 Å². The summed E-state index contributed by atoms with van der Waals surface area (Å²) in [7, 11) is 0. The van der Waals surface area contributed by atoms with Gasteiger partial charge in [0.15, 0.2) is 6.10 Å². The first-order valence-corrected chi connectivity index (χ1v) is 10.9. The van der Waals surface area contributed by atoms with Crippen LogP contribution in [-0.2, 0) is 20.7 Å². The molecule has 0 radical (unpaired) electrons. The topological polar surface area (TPSA) is 113 Å². The number of aryl methyl sites for hydroxylation is 1. The largest absolute Gasteiger partial charge is 0.481 e. The van der Waals surface area contributed by atoms with Gasteiger partial charge in [-0.15, -0.1) is 11.8 Å². The molecule has 0 aliphatic rings. The van der Waals surface area contributed by atoms with Gasteiger partial charge in [-0.3, -0.25) is 4.79 Å². The molecule has 174 valence electrons. The molecule has 0 spiro atoms. The summed E-state index contributed by atoms with van der Waals surface area (Å²) in [5.41, 5.74) is 2.29. The summed E-state index contributed by atoms with van der Waals surface area (Å²) in [6.07, 6.45) is 3.13. The normalized spacial score (nSPS) is 11.1. The number of hydrogen-bond acceptors (Lipinski definition) is 6. The number of ether oxygens (including phenoxy) is 1. The van der Waals surface area contributed by atoms with Crippen LogP contribution in [0.3, 0.4) is 0 Å². The van der Waals surface area contributed by atoms with Gasteiger partial charge in [0, 0.05) is 25.1 Å². The minimum Gasteiger partial charge on any atom is -0.481 e. The zero-order valence-corrected chi connectivity index (χ0v) is 18.5. The lowest BCUT2D eigenvalue weighted by Crippen LogP contribution is -2.28. The number of hydrogen-bond donors (Lipinski definition) is 3. The zero-order valence-electron chi connectivity index (χ0n) is 18.5. The summed E-state index contributed by atoms with van der Waals surface area (Å²) in [5.74, 6) is 2.84. The lowest BCUT2D eigenvalue weighted by molar-refractivity contribution is -0.153. The first kappa shape index (κ1) is 25.6. The maximum absolute atomic E-state index is 11.9. The van der Waals surface area contributed by atoms with Crippen molar-refractivity contribution in [1.82, 2.24) is 0 Å². The third kappa shape index (κ3) is 10.5. The molecule has 33 heavy (non-hydrogen) atoms. The van der Waals surface area contributed by atoms with E-state index in [1.807, 2.05) is 6.07 Å². The van der Waals surface area contributed by atoms with Gasteiger partial charge in [0.05, 0.1) is 12.0 Å². The number of unbranched alkanes of at least 4 members (excludes halogenated alkanes) is 3. The number of nitrogens with one attached hydrogen (secondary N) is 1. The molecule has 0 amide bonds. The third-order valence-electron chi connectivity index (χ3n) is 4.75. The van der Waals surface area contributed by atoms with Gasteiger partial charge in [0.2, 0.25) is 0 Å². The van der Waals surface area contributed by atoms with Crippen LogP contribution in [0.2, 0.25) is 0 Å². The molecular weight excluding hydrogens is 422 g/mol. The molecule has 0 aromatic heterocycles. The highest BCUT2D eigenvalue weighted by molar-refractivity contribution is 5.98. The fraction of sp³-hybridized carbons (Fsp3) is 0.346. The van der Waals surface area contributed by atoms with Gasteiger partial charge in [0.25, 0.3) is 0 Å². The Bertz CT molecular complexity index is 960. The minimum absolute atomic E-state index is 0.124. The van der Waals surface area contributed by atoms with E-state index >= 15 is 0 Å². The summed E-state index contributed by atoms with van der Waals surface area (Å²) in [5, 5.41) is 21.2. The van der Waals surface area contributed by atoms with Crippen molar-refractivity contribution in [2.75, 3.05) is 11.9 Å². The molecular formula is C26H29NO6. The van der Waals surface area contributed by atoms with Crippen molar-refractivity contribution in [1.29, 1.82) is 0 Å². The van der Waals surface area contributed by atoms with E-state index < -0.39 is 30.4 Å². The maximum atomic E-state index is 11.9. The Morgan fingerprint density at radius 1 is 0.909 bits per heavy atom. The van der Waals surface area contributed by atoms with Crippen molar-refractivity contribution in [2.45, 2.75) is 51.0 Å². The highest BCUT2D eigenvalue weighted by Crippen LogP contribution is 2.12. The molecule has 0 heterocycles. The highest BCUT2D eigenvalue weighted by Gasteiger charge is 2.23. The lowest BCUT2D eigenvalue weighted by atomic mass is 10.1. The molecule has 1 unspecified atom stereocenters. The monoisotopic (exact) mass is 451 g/mol. The fourth-order valence-electron chi connectivity index (χ4n) is 2.96. The van der Waals surface area contributed by atoms with Crippen LogP contribution in [0, 0.1) is 11.8 Å². The molecule has 2 aromatic carbocycles. The Labute approximate surface area is 193 Å². The molecule has 2 rings (SSSR count). The number of esters is 2. The molecule has 7 nitrogen and oxygen atoms in total. The van der Waals surface area contributed by atoms with E-state index in [1.54, 1.807) is 12.1 Å². The van der Waals surface area contributed by atoms with E-state index in [0.717, 1.165) is 50.8 Å². The Morgan fingerprint density at radius 2 is 1.58 bits per heavy atom. The van der Waals surface area contributed by atoms with Crippen molar-refractivity contribution < 1.29 is 29.3 Å². The average Bonchev–Trinajstić information content (AvgIpc) is 2.80. The standard InChI is InChI=1S/C26H29NO6/c28-23(19-24(29)30)26(32)33-25(31)21-14-16-22(17-15-21)27-18-10-5-3-1-2-4-7-11-20-12-8-6-9-13-20/h6,8-9,12-17,23,27-28H,3-5,7,10-11,18-19H2,(H,29,30). The Balaban J connectivity index is 1.58. The Kier molecular flexibility index (Phi) is 11.2. The van der Waals surface area contributed by atoms with Gasteiger partial charge < -0.3 is 20.3 Å². The van der Waals surface area contributed by atoms with Gasteiger partial charge >= 0.3 is 17.9 Å². The van der Waals surface area contributed by atoms with Crippen LogP contribution < -0.4 is 5.32 Å². The number of benzene rings is 2. The van der Waals surface area contributed by atoms with E-state index in [2.05, 4.69) is 46.2 Å². The average molecular weight is 452 g/mol. The zero-order chi connectivity index (χ0) is 23.9. The Morgan fingerprint density at radius 3 is 2.24 bits per heavy atom. The molecule has 0 saturated carbocycles. The molecule has 3 N–H and O–H groups in total. The summed E-state index contributed by atoms with van der Waals surface area (Å²) >= 11 is 0. The van der Waals surface area contributed by atoms with Crippen molar-refractivity contribution in [3.8, 4) is 11.8 Å². The van der Waals surface area contributed by atoms with Crippen LogP contribution in [0.15, 0.2) is 54.6 Å². The Hall–Kier alpha value is -3.63. The van der Waals surface area contributed by atoms with Gasteiger partial charge in [-0.25, -0.2) is 9.59 Å². The van der Waals surface area contributed by atoms with Crippen LogP contribution >= 0.6 is 0 Å². The number of aliphatic hydroxyl groups is 1. The first-order valence-electron chi connectivity index (χ1n) is 10.9. The molecule has 0 saturated heterocycles. The van der Waals surface area contributed by atoms with E-state index in [9.17, 15) is 19.5 Å². The van der Waals surface area contributed by atoms with Gasteiger partial charge in [-0.05, 0) is 55.5 Å². The molecule has 7 heteroatoms. The molecule has 2 aromatic rings. The smallest absolute Gasteiger partial charge is 0.345 e. The van der Waals surface area contributed by atoms with Gasteiger partial charge in [-0.2, -0.15) is 0 Å². The molecule has 0 fully saturated rings. The minimum atomic E-state index is -1.88. The number of carboxylic acid groups (broad SMARTS) is 1. The van der Waals surface area contributed by atoms with Crippen LogP contribution in [0.5, 0.6) is 0 Å². The van der Waals surface area contributed by atoms with Crippen molar-refractivity contribution in [3.05, 3.63) is 65.7 Å². The third-order valence-corrected chi connectivity index (χ3v) is 4.75. The first-order chi connectivity index (χ1) is 16.0. The van der Waals surface area contributed by atoms with Gasteiger partial charge in [-0.1, -0.05) is 30.3 Å². The number of carbonyl (C=O) groups excluding carboxylic acids is 2. The number of rotatable bonds is 12. The molecule has 1 atom stereocenters. The number of aliphatic hydroxyl groups excluding tert-OH is 1. The second-order valence-corrected chi connectivity index (χ2v) is 7.48. The van der Waals surface area contributed by atoms with E-state index in [4.69, 9.17) is 5.11 Å². The van der Waals surface area contributed by atoms with Crippen molar-refractivity contribution in [2.24, 2.45) is 0 Å². The second kappa shape index (κ2) is 14.4. The second-order valence-electron chi connectivity index (χ2n) is 7.48. The molecule has 0 bridgehead atoms. The summed E-state index contributed by atoms with van der Waals surface area (Å²) < 4.78 is 4.50. The van der Waals surface area contributed by atoms with Crippen molar-refractivity contribution >= 4 is 23.6 Å². The number of aliphatic carboxylic acids is 1. The predicted octanol–water partition coefficient (Wildman–Crippen LogP) is 3.81. The van der Waals surface area contributed by atoms with E-state index in [0.29, 0.717) is 0 Å². The number of carboxylic acids is 1. The highest BCUT2D eigenvalue weighted by atomic mass is 16.6. The number of carbonyl (C=O) groups is 3. The van der Waals surface area contributed by atoms with Gasteiger partial charge in [0.1, 0.15) is 0 Å². The fourth-order valence-corrected chi connectivity index (χ4v) is 2.96. The summed E-state index contributed by atoms with van der Waals surface area (Å²) in [6.45, 7) is 0.763. The van der Waals surface area contributed by atoms with E-state index in [1.165, 1.54) is 17.7 Å². The SMILES string of the molecule is O=C(O)CC(O)C(=O)OC(=O)c1ccc(NCCCCC#CCCCc2ccccc2)cc1. The van der Waals surface area contributed by atoms with Crippen LogP contribution in [0.1, 0.15) is 54.4 Å².